The van der Waals surface area contributed by atoms with Crippen molar-refractivity contribution < 1.29 is 0 Å². The summed E-state index contributed by atoms with van der Waals surface area (Å²) in [6.45, 7) is 12.9. The summed E-state index contributed by atoms with van der Waals surface area (Å²) in [7, 11) is 0. The van der Waals surface area contributed by atoms with Crippen molar-refractivity contribution in [2.45, 2.75) is 39.7 Å². The molecule has 1 aromatic rings. The monoisotopic (exact) mass is 263 g/mol. The Kier molecular flexibility index (Phi) is 4.24. The standard InChI is InChI=1S/C14H25N5/c1-5-18-6-7-19(9-11(18)4)13-8-12(15)16-14(17-13)10(2)3/h8,10-11H,5-7,9H2,1-4H3,(H2,15,16,17). The van der Waals surface area contributed by atoms with Gasteiger partial charge in [0.2, 0.25) is 0 Å². The summed E-state index contributed by atoms with van der Waals surface area (Å²) >= 11 is 0. The zero-order valence-electron chi connectivity index (χ0n) is 12.4. The maximum absolute atomic E-state index is 5.90. The van der Waals surface area contributed by atoms with E-state index in [9.17, 15) is 0 Å². The van der Waals surface area contributed by atoms with Crippen LogP contribution in [-0.2, 0) is 0 Å². The lowest BCUT2D eigenvalue weighted by Gasteiger charge is -2.40. The lowest BCUT2D eigenvalue weighted by atomic mass is 10.2. The van der Waals surface area contributed by atoms with Crippen LogP contribution in [0.2, 0.25) is 0 Å². The molecule has 1 unspecified atom stereocenters. The van der Waals surface area contributed by atoms with E-state index in [2.05, 4.69) is 47.5 Å². The first-order valence-corrected chi connectivity index (χ1v) is 7.14. The number of hydrogen-bond donors (Lipinski definition) is 1. The van der Waals surface area contributed by atoms with E-state index >= 15 is 0 Å². The van der Waals surface area contributed by atoms with Gasteiger partial charge < -0.3 is 10.6 Å². The van der Waals surface area contributed by atoms with E-state index in [1.165, 1.54) is 0 Å². The Morgan fingerprint density at radius 3 is 2.68 bits per heavy atom. The number of piperazine rings is 1. The van der Waals surface area contributed by atoms with E-state index in [0.29, 0.717) is 17.8 Å². The van der Waals surface area contributed by atoms with E-state index in [1.807, 2.05) is 6.07 Å². The molecule has 106 valence electrons. The molecule has 0 aliphatic carbocycles. The van der Waals surface area contributed by atoms with Crippen LogP contribution in [0.1, 0.15) is 39.4 Å². The molecule has 5 nitrogen and oxygen atoms in total. The van der Waals surface area contributed by atoms with Gasteiger partial charge in [-0.3, -0.25) is 4.90 Å². The van der Waals surface area contributed by atoms with Crippen LogP contribution in [-0.4, -0.2) is 47.1 Å². The lowest BCUT2D eigenvalue weighted by molar-refractivity contribution is 0.199. The normalized spacial score (nSPS) is 21.1. The van der Waals surface area contributed by atoms with Gasteiger partial charge in [0.15, 0.2) is 0 Å². The first kappa shape index (κ1) is 14.1. The fourth-order valence-corrected chi connectivity index (χ4v) is 2.56. The molecule has 2 heterocycles. The molecule has 0 bridgehead atoms. The molecule has 0 spiro atoms. The van der Waals surface area contributed by atoms with Gasteiger partial charge in [0.05, 0.1) is 0 Å². The topological polar surface area (TPSA) is 58.3 Å². The molecule has 1 aliphatic rings. The Labute approximate surface area is 115 Å². The zero-order valence-corrected chi connectivity index (χ0v) is 12.4. The van der Waals surface area contributed by atoms with E-state index in [4.69, 9.17) is 5.73 Å². The Balaban J connectivity index is 2.18. The second kappa shape index (κ2) is 5.74. The highest BCUT2D eigenvalue weighted by Gasteiger charge is 2.23. The van der Waals surface area contributed by atoms with Crippen LogP contribution in [0, 0.1) is 0 Å². The molecule has 19 heavy (non-hydrogen) atoms. The van der Waals surface area contributed by atoms with Crippen LogP contribution in [0.25, 0.3) is 0 Å². The second-order valence-electron chi connectivity index (χ2n) is 5.59. The predicted octanol–water partition coefficient (Wildman–Crippen LogP) is 1.71. The predicted molar refractivity (Wildman–Crippen MR) is 79.5 cm³/mol. The smallest absolute Gasteiger partial charge is 0.135 e. The number of nitrogen functional groups attached to an aromatic ring is 1. The maximum atomic E-state index is 5.90. The molecule has 1 saturated heterocycles. The summed E-state index contributed by atoms with van der Waals surface area (Å²) in [5.74, 6) is 2.68. The molecular formula is C14H25N5. The van der Waals surface area contributed by atoms with Gasteiger partial charge in [-0.15, -0.1) is 0 Å². The lowest BCUT2D eigenvalue weighted by Crippen LogP contribution is -2.52. The van der Waals surface area contributed by atoms with Gasteiger partial charge in [0.1, 0.15) is 17.5 Å². The average Bonchev–Trinajstić information content (AvgIpc) is 2.37. The first-order valence-electron chi connectivity index (χ1n) is 7.14. The van der Waals surface area contributed by atoms with Gasteiger partial charge in [0.25, 0.3) is 0 Å². The fraction of sp³-hybridized carbons (Fsp3) is 0.714. The first-order chi connectivity index (χ1) is 9.01. The van der Waals surface area contributed by atoms with Crippen LogP contribution in [0.5, 0.6) is 0 Å². The number of nitrogens with zero attached hydrogens (tertiary/aromatic N) is 4. The average molecular weight is 263 g/mol. The minimum absolute atomic E-state index is 0.302. The second-order valence-corrected chi connectivity index (χ2v) is 5.59. The molecule has 0 saturated carbocycles. The number of aromatic nitrogens is 2. The third-order valence-corrected chi connectivity index (χ3v) is 3.76. The van der Waals surface area contributed by atoms with Gasteiger partial charge in [-0.2, -0.15) is 0 Å². The van der Waals surface area contributed by atoms with Gasteiger partial charge >= 0.3 is 0 Å². The fourth-order valence-electron chi connectivity index (χ4n) is 2.56. The molecule has 2 N–H and O–H groups in total. The van der Waals surface area contributed by atoms with Crippen molar-refractivity contribution in [1.82, 2.24) is 14.9 Å². The van der Waals surface area contributed by atoms with Crippen molar-refractivity contribution in [3.8, 4) is 0 Å². The summed E-state index contributed by atoms with van der Waals surface area (Å²) in [5, 5.41) is 0. The van der Waals surface area contributed by atoms with Crippen LogP contribution in [0.3, 0.4) is 0 Å². The quantitative estimate of drug-likeness (QED) is 0.899. The summed E-state index contributed by atoms with van der Waals surface area (Å²) in [5.41, 5.74) is 5.90. The molecule has 5 heteroatoms. The van der Waals surface area contributed by atoms with Crippen LogP contribution < -0.4 is 10.6 Å². The Morgan fingerprint density at radius 2 is 2.11 bits per heavy atom. The molecule has 0 radical (unpaired) electrons. The highest BCUT2D eigenvalue weighted by molar-refractivity contribution is 5.47. The molecule has 1 aromatic heterocycles. The minimum Gasteiger partial charge on any atom is -0.384 e. The molecule has 1 aliphatic heterocycles. The third-order valence-electron chi connectivity index (χ3n) is 3.76. The number of likely N-dealkylation sites (N-methyl/N-ethyl adjacent to an activating group) is 1. The molecule has 0 aromatic carbocycles. The molecule has 2 rings (SSSR count). The van der Waals surface area contributed by atoms with Crippen LogP contribution in [0.4, 0.5) is 11.6 Å². The van der Waals surface area contributed by atoms with Crippen LogP contribution >= 0.6 is 0 Å². The van der Waals surface area contributed by atoms with Crippen molar-refractivity contribution in [1.29, 1.82) is 0 Å². The largest absolute Gasteiger partial charge is 0.384 e. The van der Waals surface area contributed by atoms with Crippen molar-refractivity contribution in [2.75, 3.05) is 36.8 Å². The van der Waals surface area contributed by atoms with Crippen molar-refractivity contribution in [3.05, 3.63) is 11.9 Å². The summed E-state index contributed by atoms with van der Waals surface area (Å²) in [6, 6.07) is 2.44. The molecule has 1 fully saturated rings. The Hall–Kier alpha value is -1.36. The number of nitrogens with two attached hydrogens (primary N) is 1. The molecular weight excluding hydrogens is 238 g/mol. The Morgan fingerprint density at radius 1 is 1.37 bits per heavy atom. The number of hydrogen-bond acceptors (Lipinski definition) is 5. The van der Waals surface area contributed by atoms with Crippen molar-refractivity contribution in [3.63, 3.8) is 0 Å². The van der Waals surface area contributed by atoms with Gasteiger partial charge in [-0.25, -0.2) is 9.97 Å². The van der Waals surface area contributed by atoms with Gasteiger partial charge in [-0.05, 0) is 13.5 Å². The van der Waals surface area contributed by atoms with E-state index in [0.717, 1.165) is 37.8 Å². The molecule has 0 amide bonds. The highest BCUT2D eigenvalue weighted by atomic mass is 15.3. The summed E-state index contributed by atoms with van der Waals surface area (Å²) < 4.78 is 0. The van der Waals surface area contributed by atoms with Crippen LogP contribution in [0.15, 0.2) is 6.07 Å². The van der Waals surface area contributed by atoms with Gasteiger partial charge in [0, 0.05) is 37.7 Å². The zero-order chi connectivity index (χ0) is 14.0. The van der Waals surface area contributed by atoms with E-state index in [-0.39, 0.29) is 0 Å². The van der Waals surface area contributed by atoms with E-state index < -0.39 is 0 Å². The number of anilines is 2. The van der Waals surface area contributed by atoms with Crippen molar-refractivity contribution in [2.24, 2.45) is 0 Å². The van der Waals surface area contributed by atoms with Crippen molar-refractivity contribution >= 4 is 11.6 Å². The highest BCUT2D eigenvalue weighted by Crippen LogP contribution is 2.21. The summed E-state index contributed by atoms with van der Waals surface area (Å²) in [6.07, 6.45) is 0. The molecule has 1 atom stereocenters. The van der Waals surface area contributed by atoms with E-state index in [1.54, 1.807) is 0 Å². The minimum atomic E-state index is 0.302. The number of rotatable bonds is 3. The third kappa shape index (κ3) is 3.15. The Bertz CT molecular complexity index is 432. The maximum Gasteiger partial charge on any atom is 0.135 e. The van der Waals surface area contributed by atoms with Gasteiger partial charge in [-0.1, -0.05) is 20.8 Å². The SMILES string of the molecule is CCN1CCN(c2cc(N)nc(C(C)C)n2)CC1C. The summed E-state index contributed by atoms with van der Waals surface area (Å²) in [4.78, 5) is 13.8.